The van der Waals surface area contributed by atoms with Crippen LogP contribution in [0.4, 0.5) is 0 Å². The molecule has 0 unspecified atom stereocenters. The Balaban J connectivity index is 2.25. The van der Waals surface area contributed by atoms with E-state index in [1.165, 1.54) is 31.8 Å². The Hall–Kier alpha value is -0.500. The van der Waals surface area contributed by atoms with E-state index < -0.39 is 0 Å². The number of piperazine rings is 1. The molecular weight excluding hydrogens is 148 g/mol. The third-order valence-electron chi connectivity index (χ3n) is 2.45. The van der Waals surface area contributed by atoms with Crippen molar-refractivity contribution in [3.05, 3.63) is 12.3 Å². The van der Waals surface area contributed by atoms with Crippen molar-refractivity contribution in [1.29, 1.82) is 0 Å². The third-order valence-corrected chi connectivity index (χ3v) is 2.45. The molecule has 1 heterocycles. The van der Waals surface area contributed by atoms with Crippen LogP contribution in [0.3, 0.4) is 0 Å². The molecule has 2 heteroatoms. The lowest BCUT2D eigenvalue weighted by molar-refractivity contribution is 0.160. The van der Waals surface area contributed by atoms with Crippen molar-refractivity contribution >= 4 is 0 Å². The third kappa shape index (κ3) is 2.52. The van der Waals surface area contributed by atoms with Gasteiger partial charge in [-0.1, -0.05) is 13.5 Å². The van der Waals surface area contributed by atoms with E-state index in [2.05, 4.69) is 30.2 Å². The number of hydrogen-bond acceptors (Lipinski definition) is 2. The van der Waals surface area contributed by atoms with Crippen LogP contribution < -0.4 is 0 Å². The highest BCUT2D eigenvalue weighted by Gasteiger charge is 2.14. The van der Waals surface area contributed by atoms with E-state index in [4.69, 9.17) is 0 Å². The highest BCUT2D eigenvalue weighted by Crippen LogP contribution is 2.06. The summed E-state index contributed by atoms with van der Waals surface area (Å²) in [7, 11) is 0. The second kappa shape index (κ2) is 4.51. The van der Waals surface area contributed by atoms with E-state index >= 15 is 0 Å². The Morgan fingerprint density at radius 3 is 2.25 bits per heavy atom. The number of hydrogen-bond donors (Lipinski definition) is 0. The van der Waals surface area contributed by atoms with Gasteiger partial charge in [0.15, 0.2) is 0 Å². The number of nitrogens with zero attached hydrogens (tertiary/aromatic N) is 2. The number of allylic oxidation sites excluding steroid dienone is 1. The van der Waals surface area contributed by atoms with E-state index in [0.29, 0.717) is 0 Å². The van der Waals surface area contributed by atoms with Gasteiger partial charge in [0.25, 0.3) is 0 Å². The summed E-state index contributed by atoms with van der Waals surface area (Å²) in [6.45, 7) is 14.3. The number of rotatable bonds is 3. The Kier molecular flexibility index (Phi) is 3.60. The monoisotopic (exact) mass is 168 g/mol. The average molecular weight is 168 g/mol. The van der Waals surface area contributed by atoms with Gasteiger partial charge >= 0.3 is 0 Å². The molecular formula is C10H20N2. The Bertz CT molecular complexity index is 146. The smallest absolute Gasteiger partial charge is 0.0303 e. The average Bonchev–Trinajstić information content (AvgIpc) is 2.06. The van der Waals surface area contributed by atoms with Crippen LogP contribution in [-0.4, -0.2) is 42.5 Å². The van der Waals surface area contributed by atoms with Crippen molar-refractivity contribution in [3.63, 3.8) is 0 Å². The summed E-state index contributed by atoms with van der Waals surface area (Å²) in [6.07, 6.45) is 1.27. The first-order valence-corrected chi connectivity index (χ1v) is 4.87. The van der Waals surface area contributed by atoms with E-state index in [9.17, 15) is 0 Å². The fourth-order valence-corrected chi connectivity index (χ4v) is 1.67. The van der Waals surface area contributed by atoms with Gasteiger partial charge in [0.1, 0.15) is 0 Å². The fourth-order valence-electron chi connectivity index (χ4n) is 1.67. The van der Waals surface area contributed by atoms with E-state index in [-0.39, 0.29) is 0 Å². The molecule has 1 fully saturated rings. The maximum Gasteiger partial charge on any atom is 0.0303 e. The molecule has 0 atom stereocenters. The molecule has 0 aromatic carbocycles. The zero-order chi connectivity index (χ0) is 8.97. The van der Waals surface area contributed by atoms with Crippen molar-refractivity contribution in [2.45, 2.75) is 20.3 Å². The van der Waals surface area contributed by atoms with Crippen molar-refractivity contribution in [1.82, 2.24) is 9.80 Å². The van der Waals surface area contributed by atoms with Gasteiger partial charge in [-0.05, 0) is 19.9 Å². The molecule has 70 valence electrons. The molecule has 12 heavy (non-hydrogen) atoms. The zero-order valence-electron chi connectivity index (χ0n) is 8.34. The fraction of sp³-hybridized carbons (Fsp3) is 0.800. The molecule has 0 aromatic rings. The molecule has 1 aliphatic heterocycles. The molecule has 1 aliphatic rings. The zero-order valence-corrected chi connectivity index (χ0v) is 8.34. The highest BCUT2D eigenvalue weighted by molar-refractivity contribution is 4.91. The first kappa shape index (κ1) is 9.59. The van der Waals surface area contributed by atoms with Gasteiger partial charge in [0, 0.05) is 31.9 Å². The van der Waals surface area contributed by atoms with Crippen molar-refractivity contribution < 1.29 is 0 Å². The normalized spacial score (nSPS) is 19.7. The van der Waals surface area contributed by atoms with Gasteiger partial charge < -0.3 is 4.90 Å². The second-order valence-electron chi connectivity index (χ2n) is 3.56. The molecule has 0 N–H and O–H groups in total. The summed E-state index contributed by atoms with van der Waals surface area (Å²) in [6, 6.07) is 0. The molecule has 0 spiro atoms. The Morgan fingerprint density at radius 2 is 1.83 bits per heavy atom. The molecule has 1 rings (SSSR count). The van der Waals surface area contributed by atoms with Gasteiger partial charge in [-0.3, -0.25) is 4.90 Å². The Labute approximate surface area is 75.8 Å². The lowest BCUT2D eigenvalue weighted by atomic mass is 10.3. The predicted octanol–water partition coefficient (Wildman–Crippen LogP) is 1.55. The van der Waals surface area contributed by atoms with Gasteiger partial charge in [0.05, 0.1) is 0 Å². The standard InChI is InChI=1S/C10H20N2/c1-4-5-11-6-8-12(9-7-11)10(2)3/h2,4-9H2,1,3H3. The summed E-state index contributed by atoms with van der Waals surface area (Å²) in [5.41, 5.74) is 1.21. The van der Waals surface area contributed by atoms with E-state index in [1.54, 1.807) is 0 Å². The minimum Gasteiger partial charge on any atom is -0.373 e. The van der Waals surface area contributed by atoms with Crippen LogP contribution in [-0.2, 0) is 0 Å². The van der Waals surface area contributed by atoms with Crippen LogP contribution in [0, 0.1) is 0 Å². The minimum absolute atomic E-state index is 1.16. The largest absolute Gasteiger partial charge is 0.373 e. The Morgan fingerprint density at radius 1 is 1.25 bits per heavy atom. The molecule has 2 nitrogen and oxygen atoms in total. The molecule has 0 radical (unpaired) electrons. The lowest BCUT2D eigenvalue weighted by Crippen LogP contribution is -2.45. The van der Waals surface area contributed by atoms with E-state index in [0.717, 1.165) is 13.1 Å². The van der Waals surface area contributed by atoms with Crippen LogP contribution in [0.1, 0.15) is 20.3 Å². The van der Waals surface area contributed by atoms with Crippen LogP contribution >= 0.6 is 0 Å². The summed E-state index contributed by atoms with van der Waals surface area (Å²) < 4.78 is 0. The maximum absolute atomic E-state index is 3.96. The minimum atomic E-state index is 1.16. The maximum atomic E-state index is 3.96. The van der Waals surface area contributed by atoms with Gasteiger partial charge in [-0.2, -0.15) is 0 Å². The van der Waals surface area contributed by atoms with Crippen LogP contribution in [0.2, 0.25) is 0 Å². The summed E-state index contributed by atoms with van der Waals surface area (Å²) >= 11 is 0. The molecule has 1 saturated heterocycles. The molecule has 0 bridgehead atoms. The van der Waals surface area contributed by atoms with Gasteiger partial charge in [-0.15, -0.1) is 0 Å². The quantitative estimate of drug-likeness (QED) is 0.631. The topological polar surface area (TPSA) is 6.48 Å². The van der Waals surface area contributed by atoms with E-state index in [1.807, 2.05) is 0 Å². The van der Waals surface area contributed by atoms with Gasteiger partial charge in [-0.25, -0.2) is 0 Å². The molecule has 0 aliphatic carbocycles. The van der Waals surface area contributed by atoms with Crippen LogP contribution in [0.15, 0.2) is 12.3 Å². The molecule has 0 amide bonds. The van der Waals surface area contributed by atoms with Crippen LogP contribution in [0.25, 0.3) is 0 Å². The van der Waals surface area contributed by atoms with Gasteiger partial charge in [0.2, 0.25) is 0 Å². The lowest BCUT2D eigenvalue weighted by Gasteiger charge is -2.36. The van der Waals surface area contributed by atoms with Crippen molar-refractivity contribution in [3.8, 4) is 0 Å². The first-order valence-electron chi connectivity index (χ1n) is 4.87. The highest BCUT2D eigenvalue weighted by atomic mass is 15.3. The SMILES string of the molecule is C=C(C)N1CCN(CCC)CC1. The van der Waals surface area contributed by atoms with Crippen molar-refractivity contribution in [2.24, 2.45) is 0 Å². The van der Waals surface area contributed by atoms with Crippen molar-refractivity contribution in [2.75, 3.05) is 32.7 Å². The van der Waals surface area contributed by atoms with Crippen LogP contribution in [0.5, 0.6) is 0 Å². The predicted molar refractivity (Wildman–Crippen MR) is 53.1 cm³/mol. The first-order chi connectivity index (χ1) is 5.74. The molecule has 0 aromatic heterocycles. The molecule has 0 saturated carbocycles. The summed E-state index contributed by atoms with van der Waals surface area (Å²) in [4.78, 5) is 4.89. The second-order valence-corrected chi connectivity index (χ2v) is 3.56. The summed E-state index contributed by atoms with van der Waals surface area (Å²) in [5.74, 6) is 0. The summed E-state index contributed by atoms with van der Waals surface area (Å²) in [5, 5.41) is 0.